The molecule has 2 rings (SSSR count). The molecule has 0 bridgehead atoms. The number of carbonyl (C=O) groups excluding carboxylic acids is 1. The van der Waals surface area contributed by atoms with Crippen LogP contribution in [0.25, 0.3) is 0 Å². The SMILES string of the molecule is CC(C)c1c(O)cc(C#Cc2ccccc2)c(C=O)c1O. The number of aromatic hydroxyl groups is 2. The van der Waals surface area contributed by atoms with Gasteiger partial charge in [-0.1, -0.05) is 43.9 Å². The van der Waals surface area contributed by atoms with Gasteiger partial charge in [-0.15, -0.1) is 0 Å². The molecule has 0 aliphatic rings. The van der Waals surface area contributed by atoms with Gasteiger partial charge in [0.25, 0.3) is 0 Å². The summed E-state index contributed by atoms with van der Waals surface area (Å²) in [6.07, 6.45) is 0.565. The molecule has 0 saturated heterocycles. The van der Waals surface area contributed by atoms with E-state index in [4.69, 9.17) is 0 Å². The lowest BCUT2D eigenvalue weighted by Gasteiger charge is -2.13. The lowest BCUT2D eigenvalue weighted by atomic mass is 9.95. The minimum absolute atomic E-state index is 0.0505. The second kappa shape index (κ2) is 6.15. The minimum Gasteiger partial charge on any atom is -0.507 e. The summed E-state index contributed by atoms with van der Waals surface area (Å²) in [6.45, 7) is 3.66. The van der Waals surface area contributed by atoms with E-state index in [0.29, 0.717) is 17.4 Å². The van der Waals surface area contributed by atoms with E-state index >= 15 is 0 Å². The normalized spacial score (nSPS) is 10.0. The molecule has 106 valence electrons. The third-order valence-electron chi connectivity index (χ3n) is 3.17. The first-order chi connectivity index (χ1) is 10.0. The Bertz CT molecular complexity index is 720. The molecule has 0 unspecified atom stereocenters. The molecule has 0 spiro atoms. The van der Waals surface area contributed by atoms with Crippen LogP contribution in [0.4, 0.5) is 0 Å². The second-order valence-corrected chi connectivity index (χ2v) is 5.01. The summed E-state index contributed by atoms with van der Waals surface area (Å²) in [5, 5.41) is 20.2. The smallest absolute Gasteiger partial charge is 0.155 e. The fourth-order valence-corrected chi connectivity index (χ4v) is 2.14. The van der Waals surface area contributed by atoms with Gasteiger partial charge in [-0.3, -0.25) is 4.79 Å². The van der Waals surface area contributed by atoms with E-state index in [-0.39, 0.29) is 23.0 Å². The van der Waals surface area contributed by atoms with Gasteiger partial charge in [0.05, 0.1) is 5.56 Å². The monoisotopic (exact) mass is 280 g/mol. The summed E-state index contributed by atoms with van der Waals surface area (Å²) in [4.78, 5) is 11.2. The number of benzene rings is 2. The zero-order valence-corrected chi connectivity index (χ0v) is 11.9. The van der Waals surface area contributed by atoms with Crippen LogP contribution < -0.4 is 0 Å². The largest absolute Gasteiger partial charge is 0.507 e. The molecule has 0 atom stereocenters. The summed E-state index contributed by atoms with van der Waals surface area (Å²) in [6, 6.07) is 10.7. The Balaban J connectivity index is 2.56. The van der Waals surface area contributed by atoms with Crippen LogP contribution >= 0.6 is 0 Å². The van der Waals surface area contributed by atoms with Gasteiger partial charge in [0.2, 0.25) is 0 Å². The van der Waals surface area contributed by atoms with Crippen molar-refractivity contribution in [3.63, 3.8) is 0 Å². The first-order valence-electron chi connectivity index (χ1n) is 6.65. The number of rotatable bonds is 2. The first-order valence-corrected chi connectivity index (χ1v) is 6.65. The summed E-state index contributed by atoms with van der Waals surface area (Å²) in [5.41, 5.74) is 1.58. The van der Waals surface area contributed by atoms with Gasteiger partial charge in [-0.05, 0) is 24.1 Å². The van der Waals surface area contributed by atoms with Crippen molar-refractivity contribution in [2.75, 3.05) is 0 Å². The molecule has 3 heteroatoms. The van der Waals surface area contributed by atoms with Crippen LogP contribution in [0.2, 0.25) is 0 Å². The molecule has 2 aromatic rings. The van der Waals surface area contributed by atoms with Gasteiger partial charge in [-0.25, -0.2) is 0 Å². The summed E-state index contributed by atoms with van der Waals surface area (Å²) in [7, 11) is 0. The Labute approximate surface area is 123 Å². The maximum atomic E-state index is 11.2. The average Bonchev–Trinajstić information content (AvgIpc) is 2.45. The molecule has 0 heterocycles. The van der Waals surface area contributed by atoms with E-state index in [1.807, 2.05) is 44.2 Å². The van der Waals surface area contributed by atoms with Gasteiger partial charge in [0.15, 0.2) is 6.29 Å². The zero-order chi connectivity index (χ0) is 15.4. The number of hydrogen-bond acceptors (Lipinski definition) is 3. The molecule has 0 fully saturated rings. The van der Waals surface area contributed by atoms with Crippen molar-refractivity contribution >= 4 is 6.29 Å². The number of phenols is 2. The molecule has 0 aromatic heterocycles. The van der Waals surface area contributed by atoms with Gasteiger partial charge < -0.3 is 10.2 Å². The van der Waals surface area contributed by atoms with Gasteiger partial charge in [0, 0.05) is 16.7 Å². The van der Waals surface area contributed by atoms with E-state index in [1.165, 1.54) is 6.07 Å². The molecule has 2 aromatic carbocycles. The third-order valence-corrected chi connectivity index (χ3v) is 3.17. The Hall–Kier alpha value is -2.73. The highest BCUT2D eigenvalue weighted by Gasteiger charge is 2.18. The molecule has 3 nitrogen and oxygen atoms in total. The molecule has 0 amide bonds. The average molecular weight is 280 g/mol. The maximum Gasteiger partial charge on any atom is 0.155 e. The number of hydrogen-bond donors (Lipinski definition) is 2. The highest BCUT2D eigenvalue weighted by molar-refractivity contribution is 5.85. The first kappa shape index (κ1) is 14.7. The van der Waals surface area contributed by atoms with Crippen molar-refractivity contribution in [2.45, 2.75) is 19.8 Å². The number of carbonyl (C=O) groups is 1. The van der Waals surface area contributed by atoms with E-state index in [9.17, 15) is 15.0 Å². The molecule has 0 radical (unpaired) electrons. The van der Waals surface area contributed by atoms with E-state index in [1.54, 1.807) is 0 Å². The molecule has 21 heavy (non-hydrogen) atoms. The topological polar surface area (TPSA) is 57.5 Å². The van der Waals surface area contributed by atoms with E-state index in [0.717, 1.165) is 5.56 Å². The van der Waals surface area contributed by atoms with Crippen LogP contribution in [-0.4, -0.2) is 16.5 Å². The molecule has 2 N–H and O–H groups in total. The van der Waals surface area contributed by atoms with E-state index < -0.39 is 0 Å². The van der Waals surface area contributed by atoms with Crippen LogP contribution in [0, 0.1) is 11.8 Å². The Morgan fingerprint density at radius 1 is 1.10 bits per heavy atom. The fourth-order valence-electron chi connectivity index (χ4n) is 2.14. The highest BCUT2D eigenvalue weighted by atomic mass is 16.3. The molecule has 0 aliphatic heterocycles. The summed E-state index contributed by atoms with van der Waals surface area (Å²) >= 11 is 0. The van der Waals surface area contributed by atoms with Crippen LogP contribution in [0.5, 0.6) is 11.5 Å². The Morgan fingerprint density at radius 3 is 2.33 bits per heavy atom. The van der Waals surface area contributed by atoms with E-state index in [2.05, 4.69) is 11.8 Å². The third kappa shape index (κ3) is 3.06. The number of aldehydes is 1. The van der Waals surface area contributed by atoms with Crippen molar-refractivity contribution < 1.29 is 15.0 Å². The Morgan fingerprint density at radius 2 is 1.76 bits per heavy atom. The fraction of sp³-hybridized carbons (Fsp3) is 0.167. The van der Waals surface area contributed by atoms with Crippen molar-refractivity contribution in [2.24, 2.45) is 0 Å². The van der Waals surface area contributed by atoms with Crippen LogP contribution in [0.1, 0.15) is 46.8 Å². The van der Waals surface area contributed by atoms with Crippen molar-refractivity contribution in [1.82, 2.24) is 0 Å². The van der Waals surface area contributed by atoms with Gasteiger partial charge in [-0.2, -0.15) is 0 Å². The quantitative estimate of drug-likeness (QED) is 0.654. The number of phenolic OH excluding ortho intramolecular Hbond substituents is 2. The molecule has 0 saturated carbocycles. The maximum absolute atomic E-state index is 11.2. The highest BCUT2D eigenvalue weighted by Crippen LogP contribution is 2.37. The van der Waals surface area contributed by atoms with Crippen molar-refractivity contribution in [3.05, 3.63) is 58.7 Å². The van der Waals surface area contributed by atoms with Crippen molar-refractivity contribution in [1.29, 1.82) is 0 Å². The lowest BCUT2D eigenvalue weighted by Crippen LogP contribution is -1.97. The van der Waals surface area contributed by atoms with Gasteiger partial charge >= 0.3 is 0 Å². The lowest BCUT2D eigenvalue weighted by molar-refractivity contribution is 0.112. The predicted molar refractivity (Wildman–Crippen MR) is 81.7 cm³/mol. The minimum atomic E-state index is -0.197. The summed E-state index contributed by atoms with van der Waals surface area (Å²) in [5.74, 6) is 5.39. The Kier molecular flexibility index (Phi) is 4.30. The zero-order valence-electron chi connectivity index (χ0n) is 11.9. The van der Waals surface area contributed by atoms with Crippen molar-refractivity contribution in [3.8, 4) is 23.3 Å². The van der Waals surface area contributed by atoms with Crippen LogP contribution in [0.3, 0.4) is 0 Å². The molecular formula is C18H16O3. The molecule has 0 aliphatic carbocycles. The van der Waals surface area contributed by atoms with Crippen LogP contribution in [-0.2, 0) is 0 Å². The second-order valence-electron chi connectivity index (χ2n) is 5.01. The summed E-state index contributed by atoms with van der Waals surface area (Å²) < 4.78 is 0. The standard InChI is InChI=1S/C18H16O3/c1-12(2)17-16(20)10-14(15(11-19)18(17)21)9-8-13-6-4-3-5-7-13/h3-7,10-12,20-21H,1-2H3. The van der Waals surface area contributed by atoms with Gasteiger partial charge in [0.1, 0.15) is 11.5 Å². The van der Waals surface area contributed by atoms with Crippen LogP contribution in [0.15, 0.2) is 36.4 Å². The predicted octanol–water partition coefficient (Wildman–Crippen LogP) is 3.43. The molecular weight excluding hydrogens is 264 g/mol.